The highest BCUT2D eigenvalue weighted by atomic mass is 79.9. The maximum atomic E-state index is 6.30. The van der Waals surface area contributed by atoms with E-state index in [0.29, 0.717) is 6.04 Å². The lowest BCUT2D eigenvalue weighted by Gasteiger charge is -2.23. The van der Waals surface area contributed by atoms with Crippen LogP contribution < -0.4 is 5.32 Å². The van der Waals surface area contributed by atoms with Crippen molar-refractivity contribution in [3.05, 3.63) is 33.3 Å². The first-order chi connectivity index (χ1) is 8.62. The summed E-state index contributed by atoms with van der Waals surface area (Å²) < 4.78 is 1.02. The molecule has 1 aromatic rings. The van der Waals surface area contributed by atoms with Gasteiger partial charge in [-0.2, -0.15) is 0 Å². The van der Waals surface area contributed by atoms with Crippen molar-refractivity contribution in [3.63, 3.8) is 0 Å². The highest BCUT2D eigenvalue weighted by molar-refractivity contribution is 9.10. The first-order valence-corrected chi connectivity index (χ1v) is 7.64. The quantitative estimate of drug-likeness (QED) is 0.808. The van der Waals surface area contributed by atoms with Crippen molar-refractivity contribution in [2.75, 3.05) is 26.7 Å². The van der Waals surface area contributed by atoms with Crippen molar-refractivity contribution < 1.29 is 0 Å². The van der Waals surface area contributed by atoms with E-state index < -0.39 is 0 Å². The van der Waals surface area contributed by atoms with Crippen molar-refractivity contribution >= 4 is 27.5 Å². The average molecular weight is 334 g/mol. The van der Waals surface area contributed by atoms with Crippen LogP contribution in [-0.2, 0) is 0 Å². The Hall–Kier alpha value is -0.0900. The van der Waals surface area contributed by atoms with E-state index in [2.05, 4.69) is 46.1 Å². The molecule has 18 heavy (non-hydrogen) atoms. The van der Waals surface area contributed by atoms with Gasteiger partial charge in [0.05, 0.1) is 0 Å². The Morgan fingerprint density at radius 2 is 2.00 bits per heavy atom. The van der Waals surface area contributed by atoms with Crippen LogP contribution in [0.2, 0.25) is 5.02 Å². The summed E-state index contributed by atoms with van der Waals surface area (Å²) in [6, 6.07) is 6.41. The fourth-order valence-corrected chi connectivity index (χ4v) is 2.90. The van der Waals surface area contributed by atoms with Gasteiger partial charge < -0.3 is 10.2 Å². The third-order valence-electron chi connectivity index (χ3n) is 3.31. The van der Waals surface area contributed by atoms with Gasteiger partial charge >= 0.3 is 0 Å². The Labute approximate surface area is 124 Å². The normalized spacial score (nSPS) is 13.0. The number of nitrogens with zero attached hydrogens (tertiary/aromatic N) is 1. The van der Waals surface area contributed by atoms with Gasteiger partial charge in [-0.3, -0.25) is 0 Å². The third kappa shape index (κ3) is 4.54. The fourth-order valence-electron chi connectivity index (χ4n) is 2.09. The average Bonchev–Trinajstić information content (AvgIpc) is 2.36. The van der Waals surface area contributed by atoms with Crippen LogP contribution in [0.1, 0.15) is 31.9 Å². The Kier molecular flexibility index (Phi) is 7.23. The van der Waals surface area contributed by atoms with E-state index in [1.54, 1.807) is 0 Å². The first kappa shape index (κ1) is 16.0. The molecule has 4 heteroatoms. The van der Waals surface area contributed by atoms with Gasteiger partial charge in [0.1, 0.15) is 0 Å². The number of rotatable bonds is 7. The summed E-state index contributed by atoms with van der Waals surface area (Å²) in [6.45, 7) is 7.68. The second kappa shape index (κ2) is 8.16. The summed E-state index contributed by atoms with van der Waals surface area (Å²) in [5.74, 6) is 0. The van der Waals surface area contributed by atoms with Crippen LogP contribution in [0.15, 0.2) is 22.7 Å². The molecule has 0 aliphatic rings. The van der Waals surface area contributed by atoms with Gasteiger partial charge in [0.15, 0.2) is 0 Å². The van der Waals surface area contributed by atoms with Gasteiger partial charge in [0.25, 0.3) is 0 Å². The Morgan fingerprint density at radius 3 is 2.50 bits per heavy atom. The van der Waals surface area contributed by atoms with E-state index in [0.717, 1.165) is 35.6 Å². The second-order valence-corrected chi connectivity index (χ2v) is 5.65. The molecule has 102 valence electrons. The summed E-state index contributed by atoms with van der Waals surface area (Å²) in [5, 5.41) is 4.18. The molecule has 0 bridgehead atoms. The number of benzene rings is 1. The summed E-state index contributed by atoms with van der Waals surface area (Å²) in [5.41, 5.74) is 1.18. The van der Waals surface area contributed by atoms with Crippen molar-refractivity contribution in [2.45, 2.75) is 26.3 Å². The highest BCUT2D eigenvalue weighted by Gasteiger charge is 2.14. The van der Waals surface area contributed by atoms with E-state index in [9.17, 15) is 0 Å². The van der Waals surface area contributed by atoms with Crippen LogP contribution >= 0.6 is 27.5 Å². The first-order valence-electron chi connectivity index (χ1n) is 6.46. The van der Waals surface area contributed by atoms with E-state index in [4.69, 9.17) is 11.6 Å². The minimum atomic E-state index is 0.311. The van der Waals surface area contributed by atoms with Crippen LogP contribution in [0.5, 0.6) is 0 Å². The Balaban J connectivity index is 2.71. The Morgan fingerprint density at radius 1 is 1.33 bits per heavy atom. The SMILES string of the molecule is CCN(CC)CCC(NC)c1ccc(Br)cc1Cl. The topological polar surface area (TPSA) is 15.3 Å². The molecule has 1 aromatic carbocycles. The molecule has 0 heterocycles. The lowest BCUT2D eigenvalue weighted by molar-refractivity contribution is 0.284. The number of halogens is 2. The molecule has 0 saturated heterocycles. The van der Waals surface area contributed by atoms with E-state index in [1.165, 1.54) is 5.56 Å². The fraction of sp³-hybridized carbons (Fsp3) is 0.571. The molecule has 0 saturated carbocycles. The van der Waals surface area contributed by atoms with Crippen LogP contribution in [-0.4, -0.2) is 31.6 Å². The summed E-state index contributed by atoms with van der Waals surface area (Å²) >= 11 is 9.74. The Bertz CT molecular complexity index is 367. The number of hydrogen-bond acceptors (Lipinski definition) is 2. The minimum Gasteiger partial charge on any atom is -0.313 e. The van der Waals surface area contributed by atoms with Crippen LogP contribution in [0, 0.1) is 0 Å². The molecule has 0 aliphatic carbocycles. The molecule has 0 fully saturated rings. The minimum absolute atomic E-state index is 0.311. The second-order valence-electron chi connectivity index (χ2n) is 4.32. The molecule has 0 aliphatic heterocycles. The molecule has 0 radical (unpaired) electrons. The van der Waals surface area contributed by atoms with E-state index >= 15 is 0 Å². The summed E-state index contributed by atoms with van der Waals surface area (Å²) in [7, 11) is 1.99. The highest BCUT2D eigenvalue weighted by Crippen LogP contribution is 2.28. The predicted molar refractivity (Wildman–Crippen MR) is 83.4 cm³/mol. The summed E-state index contributed by atoms with van der Waals surface area (Å²) in [6.07, 6.45) is 1.07. The number of nitrogens with one attached hydrogen (secondary N) is 1. The lowest BCUT2D eigenvalue weighted by Crippen LogP contribution is -2.28. The molecule has 1 N–H and O–H groups in total. The van der Waals surface area contributed by atoms with Crippen molar-refractivity contribution in [1.29, 1.82) is 0 Å². The smallest absolute Gasteiger partial charge is 0.0465 e. The van der Waals surface area contributed by atoms with Crippen LogP contribution in [0.25, 0.3) is 0 Å². The molecular weight excluding hydrogens is 312 g/mol. The summed E-state index contributed by atoms with van der Waals surface area (Å²) in [4.78, 5) is 2.43. The van der Waals surface area contributed by atoms with Gasteiger partial charge in [-0.15, -0.1) is 0 Å². The van der Waals surface area contributed by atoms with Crippen molar-refractivity contribution in [3.8, 4) is 0 Å². The van der Waals surface area contributed by atoms with E-state index in [-0.39, 0.29) is 0 Å². The third-order valence-corrected chi connectivity index (χ3v) is 4.14. The monoisotopic (exact) mass is 332 g/mol. The van der Waals surface area contributed by atoms with Gasteiger partial charge in [-0.1, -0.05) is 47.4 Å². The van der Waals surface area contributed by atoms with Crippen LogP contribution in [0.3, 0.4) is 0 Å². The number of hydrogen-bond donors (Lipinski definition) is 1. The molecule has 1 unspecified atom stereocenters. The van der Waals surface area contributed by atoms with Gasteiger partial charge in [0.2, 0.25) is 0 Å². The molecule has 1 rings (SSSR count). The molecule has 0 aromatic heterocycles. The van der Waals surface area contributed by atoms with Gasteiger partial charge in [-0.25, -0.2) is 0 Å². The van der Waals surface area contributed by atoms with E-state index in [1.807, 2.05) is 19.2 Å². The zero-order valence-electron chi connectivity index (χ0n) is 11.3. The van der Waals surface area contributed by atoms with Crippen LogP contribution in [0.4, 0.5) is 0 Å². The van der Waals surface area contributed by atoms with Crippen molar-refractivity contribution in [1.82, 2.24) is 10.2 Å². The standard InChI is InChI=1S/C14H22BrClN2/c1-4-18(5-2)9-8-14(17-3)12-7-6-11(15)10-13(12)16/h6-7,10,14,17H,4-5,8-9H2,1-3H3. The molecular formula is C14H22BrClN2. The lowest BCUT2D eigenvalue weighted by atomic mass is 10.0. The molecule has 0 amide bonds. The van der Waals surface area contributed by atoms with Gasteiger partial charge in [0, 0.05) is 15.5 Å². The zero-order valence-corrected chi connectivity index (χ0v) is 13.7. The molecule has 1 atom stereocenters. The largest absolute Gasteiger partial charge is 0.313 e. The molecule has 2 nitrogen and oxygen atoms in total. The van der Waals surface area contributed by atoms with Gasteiger partial charge in [-0.05, 0) is 50.8 Å². The zero-order chi connectivity index (χ0) is 13.5. The predicted octanol–water partition coefficient (Wildman–Crippen LogP) is 4.09. The van der Waals surface area contributed by atoms with Crippen molar-refractivity contribution in [2.24, 2.45) is 0 Å². The molecule has 0 spiro atoms. The maximum Gasteiger partial charge on any atom is 0.0465 e. The maximum absolute atomic E-state index is 6.30.